The second-order valence-electron chi connectivity index (χ2n) is 4.35. The maximum atomic E-state index is 6.06. The van der Waals surface area contributed by atoms with E-state index < -0.39 is 0 Å². The summed E-state index contributed by atoms with van der Waals surface area (Å²) in [6.07, 6.45) is 4.02. The van der Waals surface area contributed by atoms with Crippen LogP contribution in [0.4, 0.5) is 0 Å². The average molecular weight is 360 g/mol. The molecule has 1 aromatic carbocycles. The van der Waals surface area contributed by atoms with Crippen LogP contribution in [0.15, 0.2) is 34.4 Å². The van der Waals surface area contributed by atoms with Gasteiger partial charge in [0.2, 0.25) is 0 Å². The first kappa shape index (κ1) is 15.0. The van der Waals surface area contributed by atoms with Crippen LogP contribution in [-0.2, 0) is 6.42 Å². The minimum Gasteiger partial charge on any atom is -0.310 e. The Kier molecular flexibility index (Phi) is 5.82. The zero-order valence-corrected chi connectivity index (χ0v) is 13.9. The highest BCUT2D eigenvalue weighted by molar-refractivity contribution is 9.10. The Labute approximate surface area is 131 Å². The number of aromatic nitrogens is 1. The lowest BCUT2D eigenvalue weighted by Gasteiger charge is -2.18. The van der Waals surface area contributed by atoms with Crippen LogP contribution in [0.1, 0.15) is 29.8 Å². The van der Waals surface area contributed by atoms with Crippen molar-refractivity contribution in [1.82, 2.24) is 10.3 Å². The first-order valence-corrected chi connectivity index (χ1v) is 8.31. The third kappa shape index (κ3) is 4.28. The minimum atomic E-state index is 0.300. The fraction of sp³-hybridized carbons (Fsp3) is 0.357. The molecule has 2 aromatic rings. The molecule has 102 valence electrons. The predicted octanol–water partition coefficient (Wildman–Crippen LogP) is 4.84. The van der Waals surface area contributed by atoms with Crippen molar-refractivity contribution in [1.29, 1.82) is 0 Å². The van der Waals surface area contributed by atoms with Crippen LogP contribution in [0.2, 0.25) is 5.02 Å². The molecule has 0 spiro atoms. The van der Waals surface area contributed by atoms with Gasteiger partial charge in [-0.05, 0) is 46.6 Å². The van der Waals surface area contributed by atoms with Gasteiger partial charge in [0.25, 0.3) is 0 Å². The molecule has 0 aliphatic rings. The second kappa shape index (κ2) is 7.39. The van der Waals surface area contributed by atoms with Gasteiger partial charge in [-0.2, -0.15) is 0 Å². The van der Waals surface area contributed by atoms with Gasteiger partial charge in [0.15, 0.2) is 0 Å². The van der Waals surface area contributed by atoms with Crippen LogP contribution in [0, 0.1) is 0 Å². The summed E-state index contributed by atoms with van der Waals surface area (Å²) in [6.45, 7) is 3.18. The van der Waals surface area contributed by atoms with Gasteiger partial charge >= 0.3 is 0 Å². The van der Waals surface area contributed by atoms with Crippen molar-refractivity contribution in [2.45, 2.75) is 25.8 Å². The van der Waals surface area contributed by atoms with Crippen molar-refractivity contribution < 1.29 is 0 Å². The Hall–Kier alpha value is -0.420. The molecular weight excluding hydrogens is 344 g/mol. The number of hydrogen-bond acceptors (Lipinski definition) is 3. The first-order chi connectivity index (χ1) is 9.20. The zero-order chi connectivity index (χ0) is 13.7. The van der Waals surface area contributed by atoms with Gasteiger partial charge < -0.3 is 5.32 Å². The van der Waals surface area contributed by atoms with E-state index in [0.29, 0.717) is 6.04 Å². The number of nitrogens with zero attached hydrogens (tertiary/aromatic N) is 1. The molecule has 1 N–H and O–H groups in total. The molecule has 0 aliphatic heterocycles. The van der Waals surface area contributed by atoms with Crippen LogP contribution in [-0.4, -0.2) is 11.5 Å². The summed E-state index contributed by atoms with van der Waals surface area (Å²) in [5, 5.41) is 4.33. The minimum absolute atomic E-state index is 0.300. The Balaban J connectivity index is 2.18. The molecule has 0 amide bonds. The van der Waals surface area contributed by atoms with Gasteiger partial charge in [0, 0.05) is 28.0 Å². The van der Waals surface area contributed by atoms with Crippen molar-refractivity contribution in [3.05, 3.63) is 49.8 Å². The number of nitrogens with one attached hydrogen (secondary N) is 1. The SMILES string of the molecule is CCCNC(Cc1cncs1)c1ccc(Cl)c(Br)c1. The van der Waals surface area contributed by atoms with Gasteiger partial charge in [0.1, 0.15) is 0 Å². The van der Waals surface area contributed by atoms with Crippen molar-refractivity contribution >= 4 is 38.9 Å². The predicted molar refractivity (Wildman–Crippen MR) is 86.0 cm³/mol. The fourth-order valence-corrected chi connectivity index (χ4v) is 3.06. The van der Waals surface area contributed by atoms with Crippen molar-refractivity contribution in [2.24, 2.45) is 0 Å². The smallest absolute Gasteiger partial charge is 0.0794 e. The quantitative estimate of drug-likeness (QED) is 0.798. The van der Waals surface area contributed by atoms with E-state index in [1.165, 1.54) is 10.4 Å². The molecule has 0 bridgehead atoms. The van der Waals surface area contributed by atoms with Crippen LogP contribution in [0.5, 0.6) is 0 Å². The van der Waals surface area contributed by atoms with E-state index in [4.69, 9.17) is 11.6 Å². The second-order valence-corrected chi connectivity index (χ2v) is 6.58. The summed E-state index contributed by atoms with van der Waals surface area (Å²) >= 11 is 11.2. The number of benzene rings is 1. The van der Waals surface area contributed by atoms with Crippen molar-refractivity contribution in [2.75, 3.05) is 6.54 Å². The van der Waals surface area contributed by atoms with Crippen LogP contribution < -0.4 is 5.32 Å². The van der Waals surface area contributed by atoms with Crippen molar-refractivity contribution in [3.63, 3.8) is 0 Å². The summed E-state index contributed by atoms with van der Waals surface area (Å²) in [5.74, 6) is 0. The van der Waals surface area contributed by atoms with Crippen molar-refractivity contribution in [3.8, 4) is 0 Å². The van der Waals surface area contributed by atoms with Gasteiger partial charge in [-0.1, -0.05) is 24.6 Å². The normalized spacial score (nSPS) is 12.6. The van der Waals surface area contributed by atoms with E-state index in [2.05, 4.69) is 45.3 Å². The first-order valence-electron chi connectivity index (χ1n) is 6.26. The molecule has 5 heteroatoms. The van der Waals surface area contributed by atoms with E-state index in [1.807, 2.05) is 17.8 Å². The van der Waals surface area contributed by atoms with E-state index >= 15 is 0 Å². The highest BCUT2D eigenvalue weighted by Gasteiger charge is 2.13. The summed E-state index contributed by atoms with van der Waals surface area (Å²) < 4.78 is 0.944. The topological polar surface area (TPSA) is 24.9 Å². The van der Waals surface area contributed by atoms with Crippen LogP contribution in [0.25, 0.3) is 0 Å². The van der Waals surface area contributed by atoms with Gasteiger partial charge in [-0.3, -0.25) is 4.98 Å². The molecule has 1 atom stereocenters. The molecule has 0 saturated heterocycles. The monoisotopic (exact) mass is 358 g/mol. The van der Waals surface area contributed by atoms with E-state index in [9.17, 15) is 0 Å². The Morgan fingerprint density at radius 1 is 1.47 bits per heavy atom. The van der Waals surface area contributed by atoms with Gasteiger partial charge in [-0.25, -0.2) is 0 Å². The maximum absolute atomic E-state index is 6.06. The molecule has 1 aromatic heterocycles. The van der Waals surface area contributed by atoms with Gasteiger partial charge in [0.05, 0.1) is 10.5 Å². The Morgan fingerprint density at radius 2 is 2.32 bits per heavy atom. The highest BCUT2D eigenvalue weighted by Crippen LogP contribution is 2.28. The maximum Gasteiger partial charge on any atom is 0.0794 e. The van der Waals surface area contributed by atoms with Crippen LogP contribution in [0.3, 0.4) is 0 Å². The number of halogens is 2. The molecule has 19 heavy (non-hydrogen) atoms. The molecule has 2 nitrogen and oxygen atoms in total. The lowest BCUT2D eigenvalue weighted by molar-refractivity contribution is 0.532. The highest BCUT2D eigenvalue weighted by atomic mass is 79.9. The van der Waals surface area contributed by atoms with E-state index in [1.54, 1.807) is 11.3 Å². The largest absolute Gasteiger partial charge is 0.310 e. The Bertz CT molecular complexity index is 516. The summed E-state index contributed by atoms with van der Waals surface area (Å²) in [5.41, 5.74) is 3.13. The summed E-state index contributed by atoms with van der Waals surface area (Å²) in [7, 11) is 0. The average Bonchev–Trinajstić information content (AvgIpc) is 2.91. The molecule has 0 fully saturated rings. The fourth-order valence-electron chi connectivity index (χ4n) is 1.90. The molecule has 0 radical (unpaired) electrons. The molecule has 1 unspecified atom stereocenters. The molecular formula is C14H16BrClN2S. The third-order valence-electron chi connectivity index (χ3n) is 2.88. The number of rotatable bonds is 6. The third-order valence-corrected chi connectivity index (χ3v) is 4.89. The zero-order valence-electron chi connectivity index (χ0n) is 10.7. The van der Waals surface area contributed by atoms with E-state index in [-0.39, 0.29) is 0 Å². The van der Waals surface area contributed by atoms with Crippen LogP contribution >= 0.6 is 38.9 Å². The molecule has 0 saturated carbocycles. The number of hydrogen-bond donors (Lipinski definition) is 1. The molecule has 2 rings (SSSR count). The van der Waals surface area contributed by atoms with E-state index in [0.717, 1.165) is 28.9 Å². The lowest BCUT2D eigenvalue weighted by Crippen LogP contribution is -2.23. The molecule has 1 heterocycles. The lowest BCUT2D eigenvalue weighted by atomic mass is 10.0. The summed E-state index contributed by atoms with van der Waals surface area (Å²) in [4.78, 5) is 5.43. The molecule has 0 aliphatic carbocycles. The summed E-state index contributed by atoms with van der Waals surface area (Å²) in [6, 6.07) is 6.42. The Morgan fingerprint density at radius 3 is 2.95 bits per heavy atom. The standard InChI is InChI=1S/C14H16BrClN2S/c1-2-5-18-14(7-11-8-17-9-19-11)10-3-4-13(16)12(15)6-10/h3-4,6,8-9,14,18H,2,5,7H2,1H3. The van der Waals surface area contributed by atoms with Gasteiger partial charge in [-0.15, -0.1) is 11.3 Å². The number of thiazole rings is 1.